The molecule has 0 unspecified atom stereocenters. The van der Waals surface area contributed by atoms with E-state index in [0.717, 1.165) is 43.1 Å². The number of carbonyl (C=O) groups is 1. The van der Waals surface area contributed by atoms with E-state index in [2.05, 4.69) is 10.2 Å². The molecule has 0 aromatic heterocycles. The van der Waals surface area contributed by atoms with Crippen LogP contribution in [0.2, 0.25) is 10.0 Å². The van der Waals surface area contributed by atoms with Crippen LogP contribution in [0.15, 0.2) is 36.4 Å². The summed E-state index contributed by atoms with van der Waals surface area (Å²) in [6.07, 6.45) is 3.31. The van der Waals surface area contributed by atoms with Crippen molar-refractivity contribution in [1.29, 1.82) is 0 Å². The highest BCUT2D eigenvalue weighted by atomic mass is 35.5. The molecule has 0 bridgehead atoms. The Balaban J connectivity index is 1.26. The minimum Gasteiger partial charge on any atom is -0.493 e. The van der Waals surface area contributed by atoms with Gasteiger partial charge in [0.05, 0.1) is 12.2 Å². The molecule has 4 rings (SSSR count). The second-order valence-electron chi connectivity index (χ2n) is 8.00. The minimum atomic E-state index is -0.976. The molecule has 1 saturated heterocycles. The summed E-state index contributed by atoms with van der Waals surface area (Å²) in [5, 5.41) is 15.1. The molecule has 0 aliphatic carbocycles. The molecular weight excluding hydrogens is 423 g/mol. The van der Waals surface area contributed by atoms with Crippen molar-refractivity contribution in [2.24, 2.45) is 0 Å². The Bertz CT molecular complexity index is 906. The van der Waals surface area contributed by atoms with E-state index in [1.54, 1.807) is 18.2 Å². The fourth-order valence-electron chi connectivity index (χ4n) is 4.34. The van der Waals surface area contributed by atoms with Gasteiger partial charge < -0.3 is 20.1 Å². The lowest BCUT2D eigenvalue weighted by atomic mass is 9.84. The maximum absolute atomic E-state index is 11.6. The predicted octanol–water partition coefficient (Wildman–Crippen LogP) is 4.63. The van der Waals surface area contributed by atoms with Crippen LogP contribution in [0.3, 0.4) is 0 Å². The summed E-state index contributed by atoms with van der Waals surface area (Å²) in [5.74, 6) is 0.914. The van der Waals surface area contributed by atoms with Gasteiger partial charge in [-0.3, -0.25) is 4.79 Å². The first kappa shape index (κ1) is 21.4. The number of piperidine rings is 1. The number of benzene rings is 2. The third kappa shape index (κ3) is 4.59. The van der Waals surface area contributed by atoms with Crippen molar-refractivity contribution in [2.45, 2.75) is 37.7 Å². The fraction of sp³-hybridized carbons (Fsp3) is 0.435. The Morgan fingerprint density at radius 1 is 1.07 bits per heavy atom. The molecule has 1 amide bonds. The number of hydrogen-bond acceptors (Lipinski definition) is 4. The number of hydrogen-bond donors (Lipinski definition) is 2. The number of fused-ring (bicyclic) bond motifs is 1. The lowest BCUT2D eigenvalue weighted by molar-refractivity contribution is -0.116. The van der Waals surface area contributed by atoms with Gasteiger partial charge in [0.2, 0.25) is 5.91 Å². The summed E-state index contributed by atoms with van der Waals surface area (Å²) < 4.78 is 6.01. The maximum atomic E-state index is 11.6. The van der Waals surface area contributed by atoms with Gasteiger partial charge in [0.1, 0.15) is 5.75 Å². The number of amides is 1. The van der Waals surface area contributed by atoms with Gasteiger partial charge in [0, 0.05) is 52.9 Å². The van der Waals surface area contributed by atoms with E-state index >= 15 is 0 Å². The van der Waals surface area contributed by atoms with E-state index in [9.17, 15) is 9.90 Å². The number of rotatable bonds is 6. The number of likely N-dealkylation sites (tertiary alicyclic amines) is 1. The van der Waals surface area contributed by atoms with Crippen LogP contribution in [0.5, 0.6) is 5.75 Å². The summed E-state index contributed by atoms with van der Waals surface area (Å²) >= 11 is 12.6. The first-order chi connectivity index (χ1) is 14.5. The molecule has 5 nitrogen and oxygen atoms in total. The molecule has 2 heterocycles. The highest BCUT2D eigenvalue weighted by molar-refractivity contribution is 6.36. The minimum absolute atomic E-state index is 0.0581. The predicted molar refractivity (Wildman–Crippen MR) is 120 cm³/mol. The van der Waals surface area contributed by atoms with Crippen LogP contribution in [0.1, 0.15) is 36.8 Å². The molecule has 2 N–H and O–H groups in total. The molecule has 0 radical (unpaired) electrons. The second kappa shape index (κ2) is 9.15. The van der Waals surface area contributed by atoms with E-state index < -0.39 is 5.60 Å². The van der Waals surface area contributed by atoms with E-state index in [4.69, 9.17) is 27.9 Å². The van der Waals surface area contributed by atoms with Crippen LogP contribution < -0.4 is 10.1 Å². The van der Waals surface area contributed by atoms with Gasteiger partial charge in [-0.15, -0.1) is 0 Å². The number of aliphatic hydroxyl groups is 1. The molecule has 0 spiro atoms. The molecule has 30 heavy (non-hydrogen) atoms. The Labute approximate surface area is 186 Å². The molecule has 2 aromatic carbocycles. The third-order valence-corrected chi connectivity index (χ3v) is 6.63. The summed E-state index contributed by atoms with van der Waals surface area (Å²) in [6, 6.07) is 11.1. The topological polar surface area (TPSA) is 61.8 Å². The Hall–Kier alpha value is -1.79. The van der Waals surface area contributed by atoms with Crippen LogP contribution >= 0.6 is 23.2 Å². The number of carbonyl (C=O) groups excluding carboxylic acids is 1. The SMILES string of the molecule is O=C1CCc2c(cccc2OCCCN2CCC(O)(c3c(Cl)cccc3Cl)CC2)N1. The van der Waals surface area contributed by atoms with Crippen molar-refractivity contribution < 1.29 is 14.6 Å². The highest BCUT2D eigenvalue weighted by Gasteiger charge is 2.37. The van der Waals surface area contributed by atoms with E-state index in [1.165, 1.54) is 0 Å². The smallest absolute Gasteiger partial charge is 0.224 e. The number of nitrogens with zero attached hydrogens (tertiary/aromatic N) is 1. The molecule has 2 aromatic rings. The van der Waals surface area contributed by atoms with Gasteiger partial charge in [0.15, 0.2) is 0 Å². The maximum Gasteiger partial charge on any atom is 0.224 e. The molecule has 7 heteroatoms. The average molecular weight is 449 g/mol. The molecule has 160 valence electrons. The number of halogens is 2. The van der Waals surface area contributed by atoms with Gasteiger partial charge in [-0.2, -0.15) is 0 Å². The molecule has 2 aliphatic rings. The van der Waals surface area contributed by atoms with Crippen molar-refractivity contribution in [3.05, 3.63) is 57.6 Å². The summed E-state index contributed by atoms with van der Waals surface area (Å²) in [5.41, 5.74) is 1.61. The number of ether oxygens (including phenoxy) is 1. The lowest BCUT2D eigenvalue weighted by Gasteiger charge is -2.39. The first-order valence-corrected chi connectivity index (χ1v) is 11.2. The molecule has 0 atom stereocenters. The van der Waals surface area contributed by atoms with Crippen LogP contribution in [-0.2, 0) is 16.8 Å². The zero-order chi connectivity index (χ0) is 21.1. The van der Waals surface area contributed by atoms with Crippen molar-refractivity contribution in [1.82, 2.24) is 4.90 Å². The number of anilines is 1. The zero-order valence-corrected chi connectivity index (χ0v) is 18.3. The van der Waals surface area contributed by atoms with E-state index in [0.29, 0.717) is 47.9 Å². The Kier molecular flexibility index (Phi) is 6.54. The summed E-state index contributed by atoms with van der Waals surface area (Å²) in [4.78, 5) is 13.9. The van der Waals surface area contributed by atoms with Crippen LogP contribution in [0.4, 0.5) is 5.69 Å². The van der Waals surface area contributed by atoms with Crippen LogP contribution in [0, 0.1) is 0 Å². The van der Waals surface area contributed by atoms with Gasteiger partial charge in [0.25, 0.3) is 0 Å². The Morgan fingerprint density at radius 3 is 2.50 bits per heavy atom. The van der Waals surface area contributed by atoms with Gasteiger partial charge in [-0.1, -0.05) is 35.3 Å². The van der Waals surface area contributed by atoms with Crippen molar-refractivity contribution in [3.8, 4) is 5.75 Å². The van der Waals surface area contributed by atoms with E-state index in [1.807, 2.05) is 18.2 Å². The van der Waals surface area contributed by atoms with Crippen molar-refractivity contribution >= 4 is 34.8 Å². The fourth-order valence-corrected chi connectivity index (χ4v) is 5.09. The zero-order valence-electron chi connectivity index (χ0n) is 16.8. The Morgan fingerprint density at radius 2 is 1.77 bits per heavy atom. The monoisotopic (exact) mass is 448 g/mol. The normalized spacial score (nSPS) is 18.6. The van der Waals surface area contributed by atoms with Gasteiger partial charge in [-0.05, 0) is 49.9 Å². The van der Waals surface area contributed by atoms with Gasteiger partial charge in [-0.25, -0.2) is 0 Å². The lowest BCUT2D eigenvalue weighted by Crippen LogP contribution is -2.43. The molecule has 0 saturated carbocycles. The summed E-state index contributed by atoms with van der Waals surface area (Å²) in [7, 11) is 0. The van der Waals surface area contributed by atoms with Gasteiger partial charge >= 0.3 is 0 Å². The summed E-state index contributed by atoms with van der Waals surface area (Å²) in [6.45, 7) is 3.08. The number of nitrogens with one attached hydrogen (secondary N) is 1. The quantitative estimate of drug-likeness (QED) is 0.632. The first-order valence-electron chi connectivity index (χ1n) is 10.4. The standard InChI is InChI=1S/C23H26Cl2N2O3/c24-17-4-1-5-18(25)22(17)23(29)10-13-27(14-11-23)12-3-15-30-20-7-2-6-19-16(20)8-9-21(28)26-19/h1-2,4-7,29H,3,8-15H2,(H,26,28). The van der Waals surface area contributed by atoms with Crippen LogP contribution in [0.25, 0.3) is 0 Å². The second-order valence-corrected chi connectivity index (χ2v) is 8.82. The molecular formula is C23H26Cl2N2O3. The van der Waals surface area contributed by atoms with Crippen LogP contribution in [-0.4, -0.2) is 42.2 Å². The van der Waals surface area contributed by atoms with Crippen molar-refractivity contribution in [3.63, 3.8) is 0 Å². The van der Waals surface area contributed by atoms with Crippen molar-refractivity contribution in [2.75, 3.05) is 31.6 Å². The molecule has 2 aliphatic heterocycles. The highest BCUT2D eigenvalue weighted by Crippen LogP contribution is 2.40. The largest absolute Gasteiger partial charge is 0.493 e. The third-order valence-electron chi connectivity index (χ3n) is 6.00. The molecule has 1 fully saturated rings. The van der Waals surface area contributed by atoms with E-state index in [-0.39, 0.29) is 5.91 Å². The average Bonchev–Trinajstić information content (AvgIpc) is 2.72.